The van der Waals surface area contributed by atoms with E-state index in [0.717, 1.165) is 0 Å². The quantitative estimate of drug-likeness (QED) is 0.651. The van der Waals surface area contributed by atoms with Gasteiger partial charge in [-0.1, -0.05) is 26.8 Å². The molecule has 2 aromatic rings. The molecule has 2 N–H and O–H groups in total. The van der Waals surface area contributed by atoms with E-state index >= 15 is 0 Å². The first-order valence-electron chi connectivity index (χ1n) is 7.64. The van der Waals surface area contributed by atoms with Crippen LogP contribution in [-0.4, -0.2) is 16.7 Å². The highest BCUT2D eigenvalue weighted by Gasteiger charge is 2.21. The van der Waals surface area contributed by atoms with Crippen molar-refractivity contribution in [2.24, 2.45) is 5.41 Å². The van der Waals surface area contributed by atoms with Gasteiger partial charge in [-0.05, 0) is 30.3 Å². The van der Waals surface area contributed by atoms with Gasteiger partial charge in [0.25, 0.3) is 11.6 Å². The van der Waals surface area contributed by atoms with Crippen LogP contribution in [0, 0.1) is 15.5 Å². The monoisotopic (exact) mass is 341 g/mol. The molecule has 0 aromatic heterocycles. The molecular weight excluding hydrogens is 322 g/mol. The number of amides is 2. The predicted molar refractivity (Wildman–Crippen MR) is 95.6 cm³/mol. The average molecular weight is 341 g/mol. The number of benzene rings is 2. The van der Waals surface area contributed by atoms with Crippen LogP contribution in [0.5, 0.6) is 0 Å². The number of nitrogens with zero attached hydrogens (tertiary/aromatic N) is 1. The van der Waals surface area contributed by atoms with Crippen LogP contribution in [0.2, 0.25) is 0 Å². The van der Waals surface area contributed by atoms with Crippen LogP contribution in [0.25, 0.3) is 0 Å². The summed E-state index contributed by atoms with van der Waals surface area (Å²) in [5, 5.41) is 16.1. The van der Waals surface area contributed by atoms with E-state index < -0.39 is 16.2 Å². The molecule has 25 heavy (non-hydrogen) atoms. The van der Waals surface area contributed by atoms with Crippen molar-refractivity contribution in [3.63, 3.8) is 0 Å². The first-order chi connectivity index (χ1) is 11.7. The molecule has 0 unspecified atom stereocenters. The summed E-state index contributed by atoms with van der Waals surface area (Å²) < 4.78 is 0. The van der Waals surface area contributed by atoms with E-state index in [9.17, 15) is 19.7 Å². The van der Waals surface area contributed by atoms with Crippen molar-refractivity contribution in [1.29, 1.82) is 0 Å². The van der Waals surface area contributed by atoms with Gasteiger partial charge < -0.3 is 10.6 Å². The first kappa shape index (κ1) is 18.1. The van der Waals surface area contributed by atoms with E-state index in [4.69, 9.17) is 0 Å². The number of nitrogens with one attached hydrogen (secondary N) is 2. The van der Waals surface area contributed by atoms with E-state index in [-0.39, 0.29) is 11.6 Å². The maximum Gasteiger partial charge on any atom is 0.271 e. The molecule has 0 heterocycles. The highest BCUT2D eigenvalue weighted by atomic mass is 16.6. The lowest BCUT2D eigenvalue weighted by Gasteiger charge is -2.17. The molecule has 0 aliphatic rings. The molecular formula is C18H19N3O4. The van der Waals surface area contributed by atoms with E-state index in [0.29, 0.717) is 16.9 Å². The number of carbonyl (C=O) groups is 2. The zero-order valence-corrected chi connectivity index (χ0v) is 14.2. The second-order valence-corrected chi connectivity index (χ2v) is 6.54. The third-order valence-corrected chi connectivity index (χ3v) is 3.40. The number of hydrogen-bond acceptors (Lipinski definition) is 4. The summed E-state index contributed by atoms with van der Waals surface area (Å²) in [6.07, 6.45) is 0. The minimum atomic E-state index is -0.525. The lowest BCUT2D eigenvalue weighted by atomic mass is 9.95. The Balaban J connectivity index is 2.07. The van der Waals surface area contributed by atoms with Crippen molar-refractivity contribution in [2.45, 2.75) is 20.8 Å². The Kier molecular flexibility index (Phi) is 5.17. The molecule has 2 amide bonds. The Labute approximate surface area is 145 Å². The van der Waals surface area contributed by atoms with Gasteiger partial charge in [0, 0.05) is 34.5 Å². The minimum absolute atomic E-state index is 0.0990. The topological polar surface area (TPSA) is 101 Å². The number of nitro groups is 1. The Hall–Kier alpha value is -3.22. The molecule has 0 saturated heterocycles. The van der Waals surface area contributed by atoms with E-state index in [2.05, 4.69) is 10.6 Å². The summed E-state index contributed by atoms with van der Waals surface area (Å²) in [5.74, 6) is -0.518. The predicted octanol–water partition coefficient (Wildman–Crippen LogP) is 3.83. The van der Waals surface area contributed by atoms with Gasteiger partial charge in [0.1, 0.15) is 0 Å². The molecule has 0 radical (unpaired) electrons. The molecule has 0 aliphatic carbocycles. The fourth-order valence-corrected chi connectivity index (χ4v) is 1.92. The largest absolute Gasteiger partial charge is 0.326 e. The van der Waals surface area contributed by atoms with E-state index in [1.807, 2.05) is 20.8 Å². The van der Waals surface area contributed by atoms with Gasteiger partial charge in [0.05, 0.1) is 4.92 Å². The average Bonchev–Trinajstić information content (AvgIpc) is 2.54. The Morgan fingerprint density at radius 2 is 1.60 bits per heavy atom. The van der Waals surface area contributed by atoms with Crippen LogP contribution in [0.4, 0.5) is 17.1 Å². The van der Waals surface area contributed by atoms with Crippen molar-refractivity contribution in [1.82, 2.24) is 0 Å². The number of non-ortho nitro benzene ring substituents is 1. The van der Waals surface area contributed by atoms with Gasteiger partial charge in [0.15, 0.2) is 0 Å². The number of carbonyl (C=O) groups excluding carboxylic acids is 2. The molecule has 0 bridgehead atoms. The molecule has 0 fully saturated rings. The number of anilines is 2. The van der Waals surface area contributed by atoms with Crippen LogP contribution in [0.1, 0.15) is 31.1 Å². The lowest BCUT2D eigenvalue weighted by Crippen LogP contribution is -2.27. The van der Waals surface area contributed by atoms with Gasteiger partial charge >= 0.3 is 0 Å². The molecule has 130 valence electrons. The smallest absolute Gasteiger partial charge is 0.271 e. The summed E-state index contributed by atoms with van der Waals surface area (Å²) in [5.41, 5.74) is 0.687. The van der Waals surface area contributed by atoms with Crippen LogP contribution < -0.4 is 10.6 Å². The van der Waals surface area contributed by atoms with E-state index in [1.54, 1.807) is 30.3 Å². The molecule has 7 nitrogen and oxygen atoms in total. The second-order valence-electron chi connectivity index (χ2n) is 6.54. The van der Waals surface area contributed by atoms with E-state index in [1.165, 1.54) is 18.2 Å². The lowest BCUT2D eigenvalue weighted by molar-refractivity contribution is -0.384. The van der Waals surface area contributed by atoms with Crippen molar-refractivity contribution >= 4 is 28.9 Å². The van der Waals surface area contributed by atoms with Crippen molar-refractivity contribution in [2.75, 3.05) is 10.6 Å². The Bertz CT molecular complexity index is 808. The third-order valence-electron chi connectivity index (χ3n) is 3.40. The van der Waals surface area contributed by atoms with Crippen molar-refractivity contribution < 1.29 is 14.5 Å². The first-order valence-corrected chi connectivity index (χ1v) is 7.64. The fraction of sp³-hybridized carbons (Fsp3) is 0.222. The maximum absolute atomic E-state index is 12.2. The van der Waals surface area contributed by atoms with Gasteiger partial charge in [-0.2, -0.15) is 0 Å². The number of rotatable bonds is 4. The third kappa shape index (κ3) is 4.87. The summed E-state index contributed by atoms with van der Waals surface area (Å²) in [6.45, 7) is 5.43. The summed E-state index contributed by atoms with van der Waals surface area (Å²) >= 11 is 0. The molecule has 2 aromatic carbocycles. The van der Waals surface area contributed by atoms with Gasteiger partial charge in [-0.25, -0.2) is 0 Å². The summed E-state index contributed by atoms with van der Waals surface area (Å²) in [6, 6.07) is 12.1. The zero-order valence-electron chi connectivity index (χ0n) is 14.2. The Morgan fingerprint density at radius 3 is 2.16 bits per heavy atom. The maximum atomic E-state index is 12.2. The second kappa shape index (κ2) is 7.12. The summed E-state index contributed by atoms with van der Waals surface area (Å²) in [7, 11) is 0. The van der Waals surface area contributed by atoms with Crippen molar-refractivity contribution in [3.05, 3.63) is 64.2 Å². The van der Waals surface area contributed by atoms with Crippen molar-refractivity contribution in [3.8, 4) is 0 Å². The molecule has 0 atom stereocenters. The van der Waals surface area contributed by atoms with Crippen LogP contribution in [0.3, 0.4) is 0 Å². The Morgan fingerprint density at radius 1 is 0.960 bits per heavy atom. The molecule has 0 spiro atoms. The highest BCUT2D eigenvalue weighted by molar-refractivity contribution is 6.04. The van der Waals surface area contributed by atoms with Crippen LogP contribution >= 0.6 is 0 Å². The van der Waals surface area contributed by atoms with Gasteiger partial charge in [0.2, 0.25) is 5.91 Å². The molecule has 0 aliphatic heterocycles. The standard InChI is InChI=1S/C18H19N3O4/c1-18(2,3)17(23)20-13-9-7-12(8-10-13)16(22)19-14-5-4-6-15(11-14)21(24)25/h4-11H,1-3H3,(H,19,22)(H,20,23). The molecule has 7 heteroatoms. The SMILES string of the molecule is CC(C)(C)C(=O)Nc1ccc(C(=O)Nc2cccc([N+](=O)[O-])c2)cc1. The van der Waals surface area contributed by atoms with Crippen LogP contribution in [0.15, 0.2) is 48.5 Å². The normalized spacial score (nSPS) is 10.8. The molecule has 0 saturated carbocycles. The van der Waals surface area contributed by atoms with Gasteiger partial charge in [-0.3, -0.25) is 19.7 Å². The van der Waals surface area contributed by atoms with Crippen LogP contribution in [-0.2, 0) is 4.79 Å². The minimum Gasteiger partial charge on any atom is -0.326 e. The highest BCUT2D eigenvalue weighted by Crippen LogP contribution is 2.20. The van der Waals surface area contributed by atoms with Gasteiger partial charge in [-0.15, -0.1) is 0 Å². The summed E-state index contributed by atoms with van der Waals surface area (Å²) in [4.78, 5) is 34.4. The fourth-order valence-electron chi connectivity index (χ4n) is 1.92. The molecule has 2 rings (SSSR count). The number of nitro benzene ring substituents is 1. The number of hydrogen-bond donors (Lipinski definition) is 2. The zero-order chi connectivity index (χ0) is 18.6.